The summed E-state index contributed by atoms with van der Waals surface area (Å²) < 4.78 is 21.6. The number of carbonyl (C=O) groups excluding carboxylic acids is 1. The molecule has 0 bridgehead atoms. The van der Waals surface area contributed by atoms with E-state index in [0.717, 1.165) is 28.9 Å². The van der Waals surface area contributed by atoms with Gasteiger partial charge in [-0.25, -0.2) is 4.39 Å². The van der Waals surface area contributed by atoms with Gasteiger partial charge in [0.1, 0.15) is 17.9 Å². The molecule has 7 nitrogen and oxygen atoms in total. The number of aryl methyl sites for hydroxylation is 1. The first-order valence-corrected chi connectivity index (χ1v) is 10.5. The number of benzene rings is 1. The Kier molecular flexibility index (Phi) is 5.26. The normalized spacial score (nSPS) is 13.8. The summed E-state index contributed by atoms with van der Waals surface area (Å²) in [5.41, 5.74) is 4.72. The fraction of sp³-hybridized carbons (Fsp3) is 0.250. The summed E-state index contributed by atoms with van der Waals surface area (Å²) in [5, 5.41) is 8.41. The summed E-state index contributed by atoms with van der Waals surface area (Å²) in [6.07, 6.45) is 7.64. The van der Waals surface area contributed by atoms with Gasteiger partial charge in [-0.15, -0.1) is 10.2 Å². The van der Waals surface area contributed by atoms with E-state index in [1.165, 1.54) is 6.07 Å². The summed E-state index contributed by atoms with van der Waals surface area (Å²) >= 11 is 0. The minimum Gasteiger partial charge on any atom is -0.496 e. The van der Waals surface area contributed by atoms with Crippen LogP contribution in [0.3, 0.4) is 0 Å². The topological polar surface area (TPSA) is 72.6 Å². The van der Waals surface area contributed by atoms with Crippen LogP contribution in [0, 0.1) is 5.82 Å². The van der Waals surface area contributed by atoms with Crippen molar-refractivity contribution in [2.24, 2.45) is 0 Å². The van der Waals surface area contributed by atoms with Gasteiger partial charge < -0.3 is 9.64 Å². The van der Waals surface area contributed by atoms with Gasteiger partial charge in [0, 0.05) is 41.5 Å². The van der Waals surface area contributed by atoms with E-state index in [4.69, 9.17) is 4.74 Å². The fourth-order valence-corrected chi connectivity index (χ4v) is 4.26. The van der Waals surface area contributed by atoms with E-state index in [9.17, 15) is 9.18 Å². The highest BCUT2D eigenvalue weighted by Crippen LogP contribution is 2.30. The molecule has 1 amide bonds. The summed E-state index contributed by atoms with van der Waals surface area (Å²) in [7, 11) is 1.54. The molecule has 1 saturated heterocycles. The highest BCUT2D eigenvalue weighted by molar-refractivity contribution is 5.96. The van der Waals surface area contributed by atoms with Crippen molar-refractivity contribution in [2.45, 2.75) is 25.7 Å². The maximum absolute atomic E-state index is 14.3. The molecule has 4 heterocycles. The predicted octanol–water partition coefficient (Wildman–Crippen LogP) is 3.85. The molecule has 0 spiro atoms. The third-order valence-electron chi connectivity index (χ3n) is 5.89. The van der Waals surface area contributed by atoms with E-state index in [-0.39, 0.29) is 11.7 Å². The van der Waals surface area contributed by atoms with E-state index < -0.39 is 0 Å². The molecule has 1 fully saturated rings. The van der Waals surface area contributed by atoms with Crippen LogP contribution in [0.15, 0.2) is 55.1 Å². The van der Waals surface area contributed by atoms with Crippen molar-refractivity contribution in [3.8, 4) is 16.9 Å². The molecular formula is C24H22FN5O2. The molecule has 32 heavy (non-hydrogen) atoms. The van der Waals surface area contributed by atoms with E-state index in [0.29, 0.717) is 42.8 Å². The standard InChI is InChI=1S/C24H22FN5O2/c1-32-22-5-2-4-21(25)20(22)10-8-17-7-9-19(24-28-27-15-30(17)24)16-12-18(14-26-13-16)29-11-3-6-23(29)31/h2,4-5,7,9,12-15H,3,6,8,10-11H2,1H3. The molecule has 1 aliphatic rings. The number of carbonyl (C=O) groups is 1. The summed E-state index contributed by atoms with van der Waals surface area (Å²) in [4.78, 5) is 18.3. The van der Waals surface area contributed by atoms with Crippen LogP contribution in [0.1, 0.15) is 24.1 Å². The van der Waals surface area contributed by atoms with Crippen LogP contribution in [0.2, 0.25) is 0 Å². The Bertz CT molecular complexity index is 1300. The van der Waals surface area contributed by atoms with Crippen LogP contribution in [-0.4, -0.2) is 39.1 Å². The van der Waals surface area contributed by atoms with Crippen LogP contribution < -0.4 is 9.64 Å². The zero-order valence-corrected chi connectivity index (χ0v) is 17.7. The summed E-state index contributed by atoms with van der Waals surface area (Å²) in [6.45, 7) is 0.711. The number of hydrogen-bond donors (Lipinski definition) is 0. The molecule has 1 aliphatic heterocycles. The first-order valence-electron chi connectivity index (χ1n) is 10.5. The first kappa shape index (κ1) is 20.1. The number of rotatable bonds is 6. The largest absolute Gasteiger partial charge is 0.496 e. The van der Waals surface area contributed by atoms with Crippen molar-refractivity contribution in [1.82, 2.24) is 19.6 Å². The van der Waals surface area contributed by atoms with Gasteiger partial charge in [-0.3, -0.25) is 14.2 Å². The quantitative estimate of drug-likeness (QED) is 0.464. The Morgan fingerprint density at radius 3 is 2.88 bits per heavy atom. The molecule has 3 aromatic heterocycles. The number of methoxy groups -OCH3 is 1. The maximum atomic E-state index is 14.3. The molecule has 0 radical (unpaired) electrons. The lowest BCUT2D eigenvalue weighted by Gasteiger charge is -2.16. The molecule has 0 unspecified atom stereocenters. The van der Waals surface area contributed by atoms with Crippen LogP contribution in [-0.2, 0) is 17.6 Å². The summed E-state index contributed by atoms with van der Waals surface area (Å²) in [5.74, 6) is 0.386. The van der Waals surface area contributed by atoms with Crippen molar-refractivity contribution in [2.75, 3.05) is 18.6 Å². The lowest BCUT2D eigenvalue weighted by molar-refractivity contribution is -0.117. The molecule has 4 aromatic rings. The molecule has 162 valence electrons. The van der Waals surface area contributed by atoms with Crippen molar-refractivity contribution in [3.05, 3.63) is 72.2 Å². The van der Waals surface area contributed by atoms with Crippen molar-refractivity contribution < 1.29 is 13.9 Å². The third kappa shape index (κ3) is 3.57. The predicted molar refractivity (Wildman–Crippen MR) is 118 cm³/mol. The smallest absolute Gasteiger partial charge is 0.227 e. The number of halogens is 1. The van der Waals surface area contributed by atoms with Crippen molar-refractivity contribution in [1.29, 1.82) is 0 Å². The minimum absolute atomic E-state index is 0.121. The van der Waals surface area contributed by atoms with Gasteiger partial charge in [-0.05, 0) is 49.6 Å². The molecule has 0 aliphatic carbocycles. The zero-order chi connectivity index (χ0) is 22.1. The average Bonchev–Trinajstić information content (AvgIpc) is 3.47. The van der Waals surface area contributed by atoms with Gasteiger partial charge in [0.15, 0.2) is 5.65 Å². The van der Waals surface area contributed by atoms with E-state index in [1.807, 2.05) is 22.6 Å². The van der Waals surface area contributed by atoms with Gasteiger partial charge in [-0.2, -0.15) is 0 Å². The number of amides is 1. The zero-order valence-electron chi connectivity index (χ0n) is 17.7. The average molecular weight is 431 g/mol. The van der Waals surface area contributed by atoms with E-state index in [1.54, 1.807) is 42.9 Å². The second kappa shape index (κ2) is 8.37. The van der Waals surface area contributed by atoms with E-state index in [2.05, 4.69) is 15.2 Å². The molecule has 8 heteroatoms. The molecular weight excluding hydrogens is 409 g/mol. The number of aromatic nitrogens is 4. The fourth-order valence-electron chi connectivity index (χ4n) is 4.26. The lowest BCUT2D eigenvalue weighted by atomic mass is 10.0. The second-order valence-electron chi connectivity index (χ2n) is 7.76. The Morgan fingerprint density at radius 2 is 2.06 bits per heavy atom. The summed E-state index contributed by atoms with van der Waals surface area (Å²) in [6, 6.07) is 10.8. The molecule has 5 rings (SSSR count). The maximum Gasteiger partial charge on any atom is 0.227 e. The molecule has 0 atom stereocenters. The number of pyridine rings is 2. The Morgan fingerprint density at radius 1 is 1.16 bits per heavy atom. The monoisotopic (exact) mass is 431 g/mol. The van der Waals surface area contributed by atoms with Crippen molar-refractivity contribution in [3.63, 3.8) is 0 Å². The van der Waals surface area contributed by atoms with Gasteiger partial charge in [0.25, 0.3) is 0 Å². The van der Waals surface area contributed by atoms with Gasteiger partial charge in [0.05, 0.1) is 19.0 Å². The Hall–Kier alpha value is -3.81. The van der Waals surface area contributed by atoms with Gasteiger partial charge in [0.2, 0.25) is 5.91 Å². The molecule has 1 aromatic carbocycles. The molecule has 0 N–H and O–H groups in total. The Balaban J connectivity index is 1.47. The number of nitrogens with zero attached hydrogens (tertiary/aromatic N) is 5. The third-order valence-corrected chi connectivity index (χ3v) is 5.89. The van der Waals surface area contributed by atoms with Crippen LogP contribution >= 0.6 is 0 Å². The number of hydrogen-bond acceptors (Lipinski definition) is 5. The van der Waals surface area contributed by atoms with Crippen molar-refractivity contribution >= 4 is 17.2 Å². The van der Waals surface area contributed by atoms with Gasteiger partial charge in [-0.1, -0.05) is 6.07 Å². The van der Waals surface area contributed by atoms with Crippen LogP contribution in [0.5, 0.6) is 5.75 Å². The second-order valence-corrected chi connectivity index (χ2v) is 7.76. The highest BCUT2D eigenvalue weighted by atomic mass is 19.1. The van der Waals surface area contributed by atoms with Crippen LogP contribution in [0.4, 0.5) is 10.1 Å². The Labute approximate surface area is 184 Å². The van der Waals surface area contributed by atoms with Crippen LogP contribution in [0.25, 0.3) is 16.8 Å². The number of fused-ring (bicyclic) bond motifs is 1. The minimum atomic E-state index is -0.277. The molecule has 0 saturated carbocycles. The van der Waals surface area contributed by atoms with E-state index >= 15 is 0 Å². The SMILES string of the molecule is COc1cccc(F)c1CCc1ccc(-c2cncc(N3CCCC3=O)c2)c2nncn12. The lowest BCUT2D eigenvalue weighted by Crippen LogP contribution is -2.23. The first-order chi connectivity index (χ1) is 15.7. The highest BCUT2D eigenvalue weighted by Gasteiger charge is 2.22. The van der Waals surface area contributed by atoms with Gasteiger partial charge >= 0.3 is 0 Å². The number of anilines is 1. The number of ether oxygens (including phenoxy) is 1.